The van der Waals surface area contributed by atoms with Gasteiger partial charge in [-0.25, -0.2) is 0 Å². The highest BCUT2D eigenvalue weighted by Gasteiger charge is 2.15. The van der Waals surface area contributed by atoms with Crippen LogP contribution in [0.3, 0.4) is 0 Å². The van der Waals surface area contributed by atoms with Crippen LogP contribution in [0, 0.1) is 5.92 Å². The van der Waals surface area contributed by atoms with Crippen molar-refractivity contribution in [1.29, 1.82) is 0 Å². The van der Waals surface area contributed by atoms with Crippen molar-refractivity contribution in [2.45, 2.75) is 39.3 Å². The minimum Gasteiger partial charge on any atom is -0.488 e. The fourth-order valence-electron chi connectivity index (χ4n) is 2.23. The molecule has 1 atom stereocenters. The molecule has 2 rings (SSSR count). The molecule has 0 radical (unpaired) electrons. The zero-order chi connectivity index (χ0) is 13.5. The Hall–Kier alpha value is -1.06. The van der Waals surface area contributed by atoms with Gasteiger partial charge >= 0.3 is 0 Å². The predicted molar refractivity (Wildman–Crippen MR) is 77.5 cm³/mol. The van der Waals surface area contributed by atoms with E-state index in [1.165, 1.54) is 5.56 Å². The summed E-state index contributed by atoms with van der Waals surface area (Å²) in [6.07, 6.45) is 2.41. The van der Waals surface area contributed by atoms with Gasteiger partial charge in [-0.1, -0.05) is 26.0 Å². The van der Waals surface area contributed by atoms with E-state index in [1.807, 2.05) is 6.07 Å². The highest BCUT2D eigenvalue weighted by Crippen LogP contribution is 2.18. The fourth-order valence-corrected chi connectivity index (χ4v) is 2.23. The SMILES string of the molecule is CC(C)CNCc1cccc(OC2CCCOC2)c1. The maximum absolute atomic E-state index is 5.97. The lowest BCUT2D eigenvalue weighted by molar-refractivity contribution is 0.00740. The van der Waals surface area contributed by atoms with Crippen LogP contribution in [0.4, 0.5) is 0 Å². The van der Waals surface area contributed by atoms with Gasteiger partial charge in [0.15, 0.2) is 0 Å². The van der Waals surface area contributed by atoms with Crippen LogP contribution < -0.4 is 10.1 Å². The molecule has 0 amide bonds. The summed E-state index contributed by atoms with van der Waals surface area (Å²) in [4.78, 5) is 0. The molecule has 1 fully saturated rings. The standard InChI is InChI=1S/C16H25NO2/c1-13(2)10-17-11-14-5-3-6-15(9-14)19-16-7-4-8-18-12-16/h3,5-6,9,13,16-17H,4,7-8,10-12H2,1-2H3. The molecular formula is C16H25NO2. The maximum atomic E-state index is 5.97. The Balaban J connectivity index is 1.83. The molecule has 1 unspecified atom stereocenters. The first-order chi connectivity index (χ1) is 9.24. The van der Waals surface area contributed by atoms with E-state index in [-0.39, 0.29) is 6.10 Å². The van der Waals surface area contributed by atoms with Crippen molar-refractivity contribution >= 4 is 0 Å². The Bertz CT molecular complexity index is 373. The molecule has 1 N–H and O–H groups in total. The third kappa shape index (κ3) is 5.21. The Kier molecular flexibility index (Phi) is 5.67. The van der Waals surface area contributed by atoms with Gasteiger partial charge in [-0.3, -0.25) is 0 Å². The molecule has 1 aromatic rings. The van der Waals surface area contributed by atoms with Gasteiger partial charge in [0.05, 0.1) is 6.61 Å². The lowest BCUT2D eigenvalue weighted by Crippen LogP contribution is -2.28. The van der Waals surface area contributed by atoms with E-state index in [0.717, 1.165) is 44.9 Å². The zero-order valence-corrected chi connectivity index (χ0v) is 12.0. The van der Waals surface area contributed by atoms with E-state index in [1.54, 1.807) is 0 Å². The number of ether oxygens (including phenoxy) is 2. The topological polar surface area (TPSA) is 30.5 Å². The monoisotopic (exact) mass is 263 g/mol. The van der Waals surface area contributed by atoms with Gasteiger partial charge in [-0.05, 0) is 43.0 Å². The van der Waals surface area contributed by atoms with Gasteiger partial charge in [-0.2, -0.15) is 0 Å². The number of nitrogens with one attached hydrogen (secondary N) is 1. The summed E-state index contributed by atoms with van der Waals surface area (Å²) >= 11 is 0. The van der Waals surface area contributed by atoms with Crippen LogP contribution in [0.2, 0.25) is 0 Å². The molecule has 106 valence electrons. The van der Waals surface area contributed by atoms with E-state index in [9.17, 15) is 0 Å². The lowest BCUT2D eigenvalue weighted by atomic mass is 10.1. The second kappa shape index (κ2) is 7.51. The third-order valence-corrected chi connectivity index (χ3v) is 3.20. The van der Waals surface area contributed by atoms with Crippen molar-refractivity contribution in [1.82, 2.24) is 5.32 Å². The first kappa shape index (κ1) is 14.4. The van der Waals surface area contributed by atoms with Crippen LogP contribution >= 0.6 is 0 Å². The Morgan fingerprint density at radius 1 is 1.42 bits per heavy atom. The van der Waals surface area contributed by atoms with E-state index in [4.69, 9.17) is 9.47 Å². The summed E-state index contributed by atoms with van der Waals surface area (Å²) < 4.78 is 11.4. The predicted octanol–water partition coefficient (Wildman–Crippen LogP) is 2.99. The first-order valence-electron chi connectivity index (χ1n) is 7.28. The van der Waals surface area contributed by atoms with Crippen LogP contribution in [-0.2, 0) is 11.3 Å². The Labute approximate surface area is 116 Å². The summed E-state index contributed by atoms with van der Waals surface area (Å²) in [5.41, 5.74) is 1.27. The Morgan fingerprint density at radius 3 is 3.05 bits per heavy atom. The molecule has 0 spiro atoms. The van der Waals surface area contributed by atoms with Crippen LogP contribution in [0.1, 0.15) is 32.3 Å². The molecular weight excluding hydrogens is 238 g/mol. The second-order valence-electron chi connectivity index (χ2n) is 5.63. The summed E-state index contributed by atoms with van der Waals surface area (Å²) in [5.74, 6) is 1.64. The minimum absolute atomic E-state index is 0.215. The summed E-state index contributed by atoms with van der Waals surface area (Å²) in [5, 5.41) is 3.45. The zero-order valence-electron chi connectivity index (χ0n) is 12.0. The smallest absolute Gasteiger partial charge is 0.122 e. The van der Waals surface area contributed by atoms with E-state index in [2.05, 4.69) is 37.4 Å². The normalized spacial score (nSPS) is 19.6. The molecule has 3 heteroatoms. The largest absolute Gasteiger partial charge is 0.488 e. The molecule has 0 aliphatic carbocycles. The van der Waals surface area contributed by atoms with Crippen molar-refractivity contribution < 1.29 is 9.47 Å². The average molecular weight is 263 g/mol. The van der Waals surface area contributed by atoms with Crippen LogP contribution in [0.5, 0.6) is 5.75 Å². The molecule has 1 heterocycles. The van der Waals surface area contributed by atoms with Gasteiger partial charge in [-0.15, -0.1) is 0 Å². The van der Waals surface area contributed by atoms with Crippen LogP contribution in [0.25, 0.3) is 0 Å². The molecule has 0 saturated carbocycles. The number of hydrogen-bond acceptors (Lipinski definition) is 3. The molecule has 0 bridgehead atoms. The summed E-state index contributed by atoms with van der Waals surface area (Å²) in [7, 11) is 0. The van der Waals surface area contributed by atoms with E-state index in [0.29, 0.717) is 5.92 Å². The lowest BCUT2D eigenvalue weighted by Gasteiger charge is -2.23. The van der Waals surface area contributed by atoms with Crippen molar-refractivity contribution in [3.05, 3.63) is 29.8 Å². The minimum atomic E-state index is 0.215. The number of rotatable bonds is 6. The highest BCUT2D eigenvalue weighted by atomic mass is 16.5. The first-order valence-corrected chi connectivity index (χ1v) is 7.28. The molecule has 0 aromatic heterocycles. The van der Waals surface area contributed by atoms with Crippen LogP contribution in [0.15, 0.2) is 24.3 Å². The van der Waals surface area contributed by atoms with Crippen LogP contribution in [-0.4, -0.2) is 25.9 Å². The molecule has 1 aliphatic rings. The molecule has 1 aliphatic heterocycles. The molecule has 1 aromatic carbocycles. The maximum Gasteiger partial charge on any atom is 0.122 e. The van der Waals surface area contributed by atoms with Crippen molar-refractivity contribution in [3.8, 4) is 5.75 Å². The van der Waals surface area contributed by atoms with E-state index < -0.39 is 0 Å². The fraction of sp³-hybridized carbons (Fsp3) is 0.625. The summed E-state index contributed by atoms with van der Waals surface area (Å²) in [6.45, 7) is 7.97. The van der Waals surface area contributed by atoms with Crippen molar-refractivity contribution in [2.75, 3.05) is 19.8 Å². The molecule has 3 nitrogen and oxygen atoms in total. The second-order valence-corrected chi connectivity index (χ2v) is 5.63. The third-order valence-electron chi connectivity index (χ3n) is 3.20. The average Bonchev–Trinajstić information content (AvgIpc) is 2.40. The Morgan fingerprint density at radius 2 is 2.32 bits per heavy atom. The van der Waals surface area contributed by atoms with Crippen molar-refractivity contribution in [3.63, 3.8) is 0 Å². The van der Waals surface area contributed by atoms with E-state index >= 15 is 0 Å². The summed E-state index contributed by atoms with van der Waals surface area (Å²) in [6, 6.07) is 8.35. The van der Waals surface area contributed by atoms with Gasteiger partial charge in [0, 0.05) is 13.2 Å². The van der Waals surface area contributed by atoms with Crippen molar-refractivity contribution in [2.24, 2.45) is 5.92 Å². The van der Waals surface area contributed by atoms with Gasteiger partial charge in [0.1, 0.15) is 11.9 Å². The quantitative estimate of drug-likeness (QED) is 0.856. The van der Waals surface area contributed by atoms with Gasteiger partial charge in [0.2, 0.25) is 0 Å². The molecule has 1 saturated heterocycles. The van der Waals surface area contributed by atoms with Gasteiger partial charge < -0.3 is 14.8 Å². The van der Waals surface area contributed by atoms with Gasteiger partial charge in [0.25, 0.3) is 0 Å². The number of hydrogen-bond donors (Lipinski definition) is 1. The number of benzene rings is 1. The highest BCUT2D eigenvalue weighted by molar-refractivity contribution is 5.28. The molecule has 19 heavy (non-hydrogen) atoms.